The smallest absolute Gasteiger partial charge is 0.336 e. The molecule has 0 saturated carbocycles. The number of aryl methyl sites for hydroxylation is 1. The summed E-state index contributed by atoms with van der Waals surface area (Å²) in [5, 5.41) is 11.1. The summed E-state index contributed by atoms with van der Waals surface area (Å²) in [7, 11) is -4.18. The van der Waals surface area contributed by atoms with Gasteiger partial charge in [0.05, 0.1) is 15.4 Å². The molecule has 1 aliphatic heterocycles. The van der Waals surface area contributed by atoms with E-state index in [1.54, 1.807) is 6.92 Å². The number of amides is 1. The molecule has 0 unspecified atom stereocenters. The Balaban J connectivity index is 1.74. The van der Waals surface area contributed by atoms with E-state index in [0.29, 0.717) is 11.6 Å². The number of benzene rings is 2. The number of nitro groups is 1. The number of piperazine rings is 1. The first-order valence-electron chi connectivity index (χ1n) is 9.13. The SMILES string of the molecule is Cc1ccc(C(=O)N2CCN(S(=O)(=O)c3cccc(C(F)(F)F)c3)CC2)cc1[N+](=O)[O-]. The second-order valence-corrected chi connectivity index (χ2v) is 8.92. The number of rotatable bonds is 4. The van der Waals surface area contributed by atoms with Crippen LogP contribution in [0.1, 0.15) is 21.5 Å². The number of alkyl halides is 3. The lowest BCUT2D eigenvalue weighted by Crippen LogP contribution is -2.50. The predicted molar refractivity (Wildman–Crippen MR) is 104 cm³/mol. The number of hydrogen-bond acceptors (Lipinski definition) is 5. The first-order valence-corrected chi connectivity index (χ1v) is 10.6. The van der Waals surface area contributed by atoms with Crippen molar-refractivity contribution in [3.63, 3.8) is 0 Å². The Morgan fingerprint density at radius 3 is 2.29 bits per heavy atom. The highest BCUT2D eigenvalue weighted by Gasteiger charge is 2.34. The van der Waals surface area contributed by atoms with Gasteiger partial charge in [-0.2, -0.15) is 17.5 Å². The summed E-state index contributed by atoms with van der Waals surface area (Å²) < 4.78 is 65.2. The highest BCUT2D eigenvalue weighted by Crippen LogP contribution is 2.31. The molecule has 2 aromatic carbocycles. The quantitative estimate of drug-likeness (QED) is 0.519. The second-order valence-electron chi connectivity index (χ2n) is 6.98. The van der Waals surface area contributed by atoms with E-state index < -0.39 is 37.5 Å². The van der Waals surface area contributed by atoms with E-state index in [1.807, 2.05) is 0 Å². The number of carbonyl (C=O) groups excluding carboxylic acids is 1. The van der Waals surface area contributed by atoms with E-state index in [1.165, 1.54) is 23.1 Å². The maximum absolute atomic E-state index is 12.9. The molecule has 31 heavy (non-hydrogen) atoms. The molecule has 0 atom stereocenters. The summed E-state index contributed by atoms with van der Waals surface area (Å²) in [4.78, 5) is 24.0. The van der Waals surface area contributed by atoms with Crippen LogP contribution in [-0.4, -0.2) is 54.6 Å². The Kier molecular flexibility index (Phi) is 6.05. The van der Waals surface area contributed by atoms with Gasteiger partial charge in [0.1, 0.15) is 0 Å². The number of hydrogen-bond donors (Lipinski definition) is 0. The molecule has 0 aliphatic carbocycles. The van der Waals surface area contributed by atoms with Gasteiger partial charge in [-0.25, -0.2) is 8.42 Å². The van der Waals surface area contributed by atoms with E-state index in [9.17, 15) is 36.5 Å². The molecule has 3 rings (SSSR count). The Morgan fingerprint density at radius 1 is 1.06 bits per heavy atom. The van der Waals surface area contributed by atoms with E-state index in [-0.39, 0.29) is 37.4 Å². The zero-order chi connectivity index (χ0) is 23.0. The third-order valence-corrected chi connectivity index (χ3v) is 6.87. The largest absolute Gasteiger partial charge is 0.416 e. The lowest BCUT2D eigenvalue weighted by molar-refractivity contribution is -0.385. The van der Waals surface area contributed by atoms with Gasteiger partial charge in [-0.15, -0.1) is 0 Å². The molecule has 0 bridgehead atoms. The third kappa shape index (κ3) is 4.69. The van der Waals surface area contributed by atoms with E-state index in [2.05, 4.69) is 0 Å². The van der Waals surface area contributed by atoms with Crippen molar-refractivity contribution in [2.75, 3.05) is 26.2 Å². The van der Waals surface area contributed by atoms with Crippen molar-refractivity contribution >= 4 is 21.6 Å². The lowest BCUT2D eigenvalue weighted by atomic mass is 10.1. The first-order chi connectivity index (χ1) is 14.4. The number of nitrogens with zero attached hydrogens (tertiary/aromatic N) is 3. The lowest BCUT2D eigenvalue weighted by Gasteiger charge is -2.34. The molecule has 2 aromatic rings. The van der Waals surface area contributed by atoms with Crippen LogP contribution in [0.15, 0.2) is 47.4 Å². The molecule has 166 valence electrons. The molecular formula is C19H18F3N3O5S. The highest BCUT2D eigenvalue weighted by atomic mass is 32.2. The standard InChI is InChI=1S/C19H18F3N3O5S/c1-13-5-6-14(11-17(13)25(27)28)18(26)23-7-9-24(10-8-23)31(29,30)16-4-2-3-15(12-16)19(20,21)22/h2-6,11-12H,7-10H2,1H3. The van der Waals surface area contributed by atoms with Gasteiger partial charge < -0.3 is 4.90 Å². The van der Waals surface area contributed by atoms with Gasteiger partial charge in [0.2, 0.25) is 10.0 Å². The van der Waals surface area contributed by atoms with Crippen molar-refractivity contribution in [1.82, 2.24) is 9.21 Å². The van der Waals surface area contributed by atoms with Gasteiger partial charge in [0, 0.05) is 43.4 Å². The van der Waals surface area contributed by atoms with Gasteiger partial charge in [-0.05, 0) is 31.2 Å². The highest BCUT2D eigenvalue weighted by molar-refractivity contribution is 7.89. The minimum atomic E-state index is -4.67. The monoisotopic (exact) mass is 457 g/mol. The Hall–Kier alpha value is -2.99. The van der Waals surface area contributed by atoms with Crippen molar-refractivity contribution in [2.45, 2.75) is 18.0 Å². The molecular weight excluding hydrogens is 439 g/mol. The zero-order valence-corrected chi connectivity index (χ0v) is 17.1. The molecule has 1 amide bonds. The molecule has 12 heteroatoms. The van der Waals surface area contributed by atoms with Crippen LogP contribution >= 0.6 is 0 Å². The first kappa shape index (κ1) is 22.7. The maximum Gasteiger partial charge on any atom is 0.416 e. The maximum atomic E-state index is 12.9. The predicted octanol–water partition coefficient (Wildman–Crippen LogP) is 3.07. The van der Waals surface area contributed by atoms with Crippen LogP contribution in [0, 0.1) is 17.0 Å². The van der Waals surface area contributed by atoms with Crippen molar-refractivity contribution in [2.24, 2.45) is 0 Å². The number of sulfonamides is 1. The fourth-order valence-electron chi connectivity index (χ4n) is 3.24. The molecule has 1 heterocycles. The van der Waals surface area contributed by atoms with E-state index in [0.717, 1.165) is 22.5 Å². The van der Waals surface area contributed by atoms with Crippen molar-refractivity contribution in [3.05, 3.63) is 69.3 Å². The zero-order valence-electron chi connectivity index (χ0n) is 16.3. The van der Waals surface area contributed by atoms with Crippen LogP contribution in [0.2, 0.25) is 0 Å². The van der Waals surface area contributed by atoms with Crippen LogP contribution in [0.25, 0.3) is 0 Å². The van der Waals surface area contributed by atoms with Crippen LogP contribution in [0.4, 0.5) is 18.9 Å². The van der Waals surface area contributed by atoms with Crippen LogP contribution in [-0.2, 0) is 16.2 Å². The molecule has 0 spiro atoms. The summed E-state index contributed by atoms with van der Waals surface area (Å²) in [6.07, 6.45) is -4.67. The normalized spacial score (nSPS) is 15.7. The average Bonchev–Trinajstić information content (AvgIpc) is 2.73. The Morgan fingerprint density at radius 2 is 1.71 bits per heavy atom. The minimum Gasteiger partial charge on any atom is -0.336 e. The fourth-order valence-corrected chi connectivity index (χ4v) is 4.70. The molecule has 0 radical (unpaired) electrons. The Labute approximate surface area is 176 Å². The third-order valence-electron chi connectivity index (χ3n) is 4.98. The molecule has 1 saturated heterocycles. The summed E-state index contributed by atoms with van der Waals surface area (Å²) in [5.41, 5.74) is -0.759. The molecule has 8 nitrogen and oxygen atoms in total. The molecule has 0 N–H and O–H groups in total. The summed E-state index contributed by atoms with van der Waals surface area (Å²) in [6.45, 7) is 1.32. The van der Waals surface area contributed by atoms with Gasteiger partial charge in [-0.3, -0.25) is 14.9 Å². The molecule has 0 aromatic heterocycles. The van der Waals surface area contributed by atoms with Gasteiger partial charge in [-0.1, -0.05) is 12.1 Å². The van der Waals surface area contributed by atoms with Crippen LogP contribution in [0.5, 0.6) is 0 Å². The van der Waals surface area contributed by atoms with E-state index >= 15 is 0 Å². The Bertz CT molecular complexity index is 1130. The fraction of sp³-hybridized carbons (Fsp3) is 0.316. The van der Waals surface area contributed by atoms with Crippen molar-refractivity contribution in [1.29, 1.82) is 0 Å². The second kappa shape index (κ2) is 8.27. The topological polar surface area (TPSA) is 101 Å². The summed E-state index contributed by atoms with van der Waals surface area (Å²) in [5.74, 6) is -0.487. The van der Waals surface area contributed by atoms with E-state index in [4.69, 9.17) is 0 Å². The van der Waals surface area contributed by atoms with Crippen molar-refractivity contribution in [3.8, 4) is 0 Å². The average molecular weight is 457 g/mol. The van der Waals surface area contributed by atoms with Gasteiger partial charge in [0.25, 0.3) is 11.6 Å². The molecule has 1 aliphatic rings. The summed E-state index contributed by atoms with van der Waals surface area (Å²) in [6, 6.07) is 7.57. The van der Waals surface area contributed by atoms with Gasteiger partial charge in [0.15, 0.2) is 0 Å². The number of halogens is 3. The number of nitro benzene ring substituents is 1. The number of carbonyl (C=O) groups is 1. The minimum absolute atomic E-state index is 0.00129. The van der Waals surface area contributed by atoms with Crippen LogP contribution in [0.3, 0.4) is 0 Å². The van der Waals surface area contributed by atoms with Crippen molar-refractivity contribution < 1.29 is 31.3 Å². The summed E-state index contributed by atoms with van der Waals surface area (Å²) >= 11 is 0. The molecule has 1 fully saturated rings. The van der Waals surface area contributed by atoms with Gasteiger partial charge >= 0.3 is 6.18 Å². The van der Waals surface area contributed by atoms with Crippen LogP contribution < -0.4 is 0 Å².